The molecule has 0 amide bonds. The van der Waals surface area contributed by atoms with E-state index in [9.17, 15) is 18.9 Å². The zero-order valence-electron chi connectivity index (χ0n) is 10.3. The third-order valence-electron chi connectivity index (χ3n) is 2.50. The average Bonchev–Trinajstić information content (AvgIpc) is 2.42. The third kappa shape index (κ3) is 3.76. The Bertz CT molecular complexity index is 687. The molecule has 0 heterocycles. The topological polar surface area (TPSA) is 52.4 Å². The Morgan fingerprint density at radius 1 is 1.14 bits per heavy atom. The summed E-state index contributed by atoms with van der Waals surface area (Å²) >= 11 is 6.17. The van der Waals surface area contributed by atoms with Crippen LogP contribution in [0.4, 0.5) is 14.5 Å². The molecule has 0 aliphatic rings. The fourth-order valence-electron chi connectivity index (χ4n) is 1.62. The van der Waals surface area contributed by atoms with Crippen LogP contribution in [0.3, 0.4) is 0 Å². The van der Waals surface area contributed by atoms with Crippen LogP contribution >= 0.6 is 31.9 Å². The monoisotopic (exact) mass is 421 g/mol. The second-order valence-corrected chi connectivity index (χ2v) is 5.50. The second-order valence-electron chi connectivity index (χ2n) is 4.03. The highest BCUT2D eigenvalue weighted by Crippen LogP contribution is 2.33. The number of hydrogen-bond donors (Lipinski definition) is 0. The van der Waals surface area contributed by atoms with E-state index in [0.717, 1.165) is 18.2 Å². The Morgan fingerprint density at radius 2 is 1.76 bits per heavy atom. The molecule has 110 valence electrons. The van der Waals surface area contributed by atoms with E-state index in [0.29, 0.717) is 15.4 Å². The lowest BCUT2D eigenvalue weighted by Gasteiger charge is -2.09. The summed E-state index contributed by atoms with van der Waals surface area (Å²) in [6, 6.07) is 5.97. The Morgan fingerprint density at radius 3 is 2.29 bits per heavy atom. The van der Waals surface area contributed by atoms with Crippen molar-refractivity contribution in [3.05, 3.63) is 62.1 Å². The van der Waals surface area contributed by atoms with Gasteiger partial charge in [0, 0.05) is 15.9 Å². The Hall–Kier alpha value is -1.54. The predicted octanol–water partition coefficient (Wildman–Crippen LogP) is 5.32. The van der Waals surface area contributed by atoms with Crippen LogP contribution in [0.2, 0.25) is 0 Å². The van der Waals surface area contributed by atoms with Gasteiger partial charge >= 0.3 is 0 Å². The van der Waals surface area contributed by atoms with Crippen molar-refractivity contribution < 1.29 is 18.4 Å². The Kier molecular flexibility index (Phi) is 4.89. The molecule has 21 heavy (non-hydrogen) atoms. The predicted molar refractivity (Wildman–Crippen MR) is 79.9 cm³/mol. The lowest BCUT2D eigenvalue weighted by molar-refractivity contribution is -0.385. The quantitative estimate of drug-likeness (QED) is 0.380. The molecule has 0 radical (unpaired) electrons. The number of ether oxygens (including phenoxy) is 1. The van der Waals surface area contributed by atoms with E-state index in [2.05, 4.69) is 31.9 Å². The van der Waals surface area contributed by atoms with Crippen molar-refractivity contribution >= 4 is 37.5 Å². The molecule has 0 aromatic heterocycles. The maximum absolute atomic E-state index is 13.8. The van der Waals surface area contributed by atoms with Crippen molar-refractivity contribution in [2.24, 2.45) is 0 Å². The molecule has 0 fully saturated rings. The number of non-ortho nitro benzene ring substituents is 1. The maximum Gasteiger partial charge on any atom is 0.274 e. The molecule has 2 aromatic rings. The molecule has 0 saturated heterocycles. The van der Waals surface area contributed by atoms with Crippen LogP contribution in [0, 0.1) is 21.7 Å². The molecule has 8 heteroatoms. The highest BCUT2D eigenvalue weighted by molar-refractivity contribution is 9.10. The highest BCUT2D eigenvalue weighted by atomic mass is 79.9. The van der Waals surface area contributed by atoms with Crippen LogP contribution in [-0.4, -0.2) is 4.92 Å². The van der Waals surface area contributed by atoms with Gasteiger partial charge in [-0.15, -0.1) is 0 Å². The van der Waals surface area contributed by atoms with Gasteiger partial charge in [0.15, 0.2) is 17.4 Å². The molecule has 0 aliphatic carbocycles. The second kappa shape index (κ2) is 6.48. The number of nitro groups is 1. The van der Waals surface area contributed by atoms with Gasteiger partial charge in [0.2, 0.25) is 0 Å². The van der Waals surface area contributed by atoms with Gasteiger partial charge in [-0.2, -0.15) is 0 Å². The minimum Gasteiger partial charge on any atom is -0.451 e. The van der Waals surface area contributed by atoms with Gasteiger partial charge in [0.05, 0.1) is 11.0 Å². The van der Waals surface area contributed by atoms with E-state index in [1.54, 1.807) is 0 Å². The van der Waals surface area contributed by atoms with Crippen molar-refractivity contribution in [2.45, 2.75) is 5.33 Å². The molecule has 2 aromatic carbocycles. The Labute approximate surface area is 135 Å². The summed E-state index contributed by atoms with van der Waals surface area (Å²) in [7, 11) is 0. The number of nitrogens with zero attached hydrogens (tertiary/aromatic N) is 1. The van der Waals surface area contributed by atoms with Crippen molar-refractivity contribution in [2.75, 3.05) is 0 Å². The van der Waals surface area contributed by atoms with Crippen molar-refractivity contribution in [1.29, 1.82) is 0 Å². The molecule has 0 unspecified atom stereocenters. The third-order valence-corrected chi connectivity index (χ3v) is 3.60. The first-order valence-corrected chi connectivity index (χ1v) is 7.49. The van der Waals surface area contributed by atoms with Crippen LogP contribution < -0.4 is 4.74 Å². The zero-order chi connectivity index (χ0) is 15.6. The normalized spacial score (nSPS) is 10.5. The minimum atomic E-state index is -0.882. The molecule has 0 atom stereocenters. The zero-order valence-corrected chi connectivity index (χ0v) is 13.4. The van der Waals surface area contributed by atoms with Crippen molar-refractivity contribution in [1.82, 2.24) is 0 Å². The lowest BCUT2D eigenvalue weighted by Crippen LogP contribution is -1.96. The number of halogens is 4. The van der Waals surface area contributed by atoms with Crippen LogP contribution in [0.1, 0.15) is 5.56 Å². The number of rotatable bonds is 4. The first-order valence-electron chi connectivity index (χ1n) is 5.57. The van der Waals surface area contributed by atoms with Gasteiger partial charge in [-0.25, -0.2) is 8.78 Å². The van der Waals surface area contributed by atoms with Crippen molar-refractivity contribution in [3.63, 3.8) is 0 Å². The number of benzene rings is 2. The minimum absolute atomic E-state index is 0.0412. The smallest absolute Gasteiger partial charge is 0.274 e. The molecular weight excluding hydrogens is 416 g/mol. The summed E-state index contributed by atoms with van der Waals surface area (Å²) in [6.45, 7) is 0. The molecule has 0 aliphatic heterocycles. The summed E-state index contributed by atoms with van der Waals surface area (Å²) < 4.78 is 33.1. The van der Waals surface area contributed by atoms with Gasteiger partial charge in [-0.3, -0.25) is 10.1 Å². The van der Waals surface area contributed by atoms with Crippen LogP contribution in [0.15, 0.2) is 34.8 Å². The molecule has 4 nitrogen and oxygen atoms in total. The number of alkyl halides is 1. The van der Waals surface area contributed by atoms with Gasteiger partial charge < -0.3 is 4.74 Å². The number of nitro benzene ring substituents is 1. The van der Waals surface area contributed by atoms with Gasteiger partial charge in [-0.05, 0) is 23.8 Å². The van der Waals surface area contributed by atoms with E-state index in [1.165, 1.54) is 12.1 Å². The fourth-order valence-corrected chi connectivity index (χ4v) is 2.40. The molecule has 0 bridgehead atoms. The Balaban J connectivity index is 2.41. The molecule has 0 saturated carbocycles. The SMILES string of the molecule is O=[N+]([O-])c1cc(Br)cc(Oc2c(F)cc(CBr)cc2F)c1. The van der Waals surface area contributed by atoms with E-state index in [4.69, 9.17) is 4.74 Å². The van der Waals surface area contributed by atoms with Crippen molar-refractivity contribution in [3.8, 4) is 11.5 Å². The lowest BCUT2D eigenvalue weighted by atomic mass is 10.2. The summed E-state index contributed by atoms with van der Waals surface area (Å²) in [5.41, 5.74) is 0.162. The van der Waals surface area contributed by atoms with Gasteiger partial charge in [0.25, 0.3) is 5.69 Å². The number of hydrogen-bond acceptors (Lipinski definition) is 3. The average molecular weight is 423 g/mol. The highest BCUT2D eigenvalue weighted by Gasteiger charge is 2.16. The summed E-state index contributed by atoms with van der Waals surface area (Å²) in [5.74, 6) is -2.41. The van der Waals surface area contributed by atoms with Crippen LogP contribution in [0.5, 0.6) is 11.5 Å². The molecule has 0 N–H and O–H groups in total. The molecular formula is C13H7Br2F2NO3. The van der Waals surface area contributed by atoms with Crippen LogP contribution in [0.25, 0.3) is 0 Å². The van der Waals surface area contributed by atoms with E-state index in [1.807, 2.05) is 0 Å². The largest absolute Gasteiger partial charge is 0.451 e. The van der Waals surface area contributed by atoms with Crippen LogP contribution in [-0.2, 0) is 5.33 Å². The first-order chi connectivity index (χ1) is 9.90. The fraction of sp³-hybridized carbons (Fsp3) is 0.0769. The first kappa shape index (κ1) is 15.8. The molecule has 0 spiro atoms. The standard InChI is InChI=1S/C13H7Br2F2NO3/c14-6-7-1-11(16)13(12(17)2-7)21-10-4-8(15)3-9(5-10)18(19)20/h1-5H,6H2. The van der Waals surface area contributed by atoms with E-state index < -0.39 is 22.3 Å². The van der Waals surface area contributed by atoms with E-state index in [-0.39, 0.29) is 11.4 Å². The molecule has 2 rings (SSSR count). The van der Waals surface area contributed by atoms with E-state index >= 15 is 0 Å². The summed E-state index contributed by atoms with van der Waals surface area (Å²) in [4.78, 5) is 10.1. The van der Waals surface area contributed by atoms with Gasteiger partial charge in [0.1, 0.15) is 5.75 Å². The summed E-state index contributed by atoms with van der Waals surface area (Å²) in [5, 5.41) is 11.0. The maximum atomic E-state index is 13.8. The summed E-state index contributed by atoms with van der Waals surface area (Å²) in [6.07, 6.45) is 0. The van der Waals surface area contributed by atoms with Gasteiger partial charge in [-0.1, -0.05) is 31.9 Å².